The molecule has 2 aliphatic heterocycles. The number of hydrogen-bond acceptors (Lipinski definition) is 5. The lowest BCUT2D eigenvalue weighted by molar-refractivity contribution is -0.532. The number of amides is 1. The molecule has 0 unspecified atom stereocenters. The van der Waals surface area contributed by atoms with E-state index < -0.39 is 39.0 Å². The first-order valence-electron chi connectivity index (χ1n) is 10.9. The van der Waals surface area contributed by atoms with Gasteiger partial charge in [0.15, 0.2) is 6.72 Å². The van der Waals surface area contributed by atoms with Gasteiger partial charge in [0.1, 0.15) is 11.6 Å². The van der Waals surface area contributed by atoms with E-state index in [0.29, 0.717) is 6.07 Å². The Morgan fingerprint density at radius 1 is 1.12 bits per heavy atom. The molecular formula is C21H26F4N5O3S+. The van der Waals surface area contributed by atoms with E-state index in [-0.39, 0.29) is 75.6 Å². The summed E-state index contributed by atoms with van der Waals surface area (Å²) in [5.41, 5.74) is -1.17. The molecule has 1 amide bonds. The van der Waals surface area contributed by atoms with Crippen molar-refractivity contribution < 1.29 is 35.5 Å². The van der Waals surface area contributed by atoms with Crippen molar-refractivity contribution in [2.45, 2.75) is 37.1 Å². The minimum Gasteiger partial charge on any atom is -0.350 e. The maximum atomic E-state index is 14.0. The SMILES string of the molecule is C=[N+]1CC(S(=O)(=O)N2CCN(C3(CNC(=O)c4ccc(F)cc4F)CCC(F)(F)CC3)CC2)=N1. The number of carbonyl (C=O) groups excluding carboxylic acids is 1. The van der Waals surface area contributed by atoms with Gasteiger partial charge in [0.25, 0.3) is 21.0 Å². The lowest BCUT2D eigenvalue weighted by Crippen LogP contribution is -2.64. The standard InChI is InChI=1S/C21H25F4N5O3S/c1-28-13-18(27-28)34(32,33)30-10-8-29(9-11-30)20(4-6-21(24,25)7-5-20)14-26-19(31)16-3-2-15(22)12-17(16)23/h2-3,12H,1,4-11,13-14H2/p+1. The Morgan fingerprint density at radius 3 is 2.29 bits per heavy atom. The molecule has 0 spiro atoms. The molecule has 1 N–H and O–H groups in total. The molecule has 3 aliphatic rings. The molecular weight excluding hydrogens is 478 g/mol. The highest BCUT2D eigenvalue weighted by Crippen LogP contribution is 2.42. The number of halogens is 4. The van der Waals surface area contributed by atoms with Gasteiger partial charge in [-0.05, 0) is 25.0 Å². The number of piperazine rings is 1. The number of nitrogens with one attached hydrogen (secondary N) is 1. The molecule has 1 saturated carbocycles. The van der Waals surface area contributed by atoms with E-state index in [1.165, 1.54) is 8.99 Å². The highest BCUT2D eigenvalue weighted by molar-refractivity contribution is 8.04. The Kier molecular flexibility index (Phi) is 6.55. The van der Waals surface area contributed by atoms with Crippen LogP contribution >= 0.6 is 0 Å². The van der Waals surface area contributed by atoms with Crippen molar-refractivity contribution in [3.63, 3.8) is 0 Å². The molecule has 1 aromatic rings. The predicted molar refractivity (Wildman–Crippen MR) is 117 cm³/mol. The van der Waals surface area contributed by atoms with E-state index in [1.807, 2.05) is 4.90 Å². The normalized spacial score (nSPS) is 23.2. The van der Waals surface area contributed by atoms with Gasteiger partial charge in [0.2, 0.25) is 12.5 Å². The van der Waals surface area contributed by atoms with Crippen LogP contribution in [0.25, 0.3) is 0 Å². The number of hydrazone groups is 1. The number of sulfonamides is 1. The van der Waals surface area contributed by atoms with Crippen LogP contribution in [0.2, 0.25) is 0 Å². The zero-order valence-electron chi connectivity index (χ0n) is 18.4. The first kappa shape index (κ1) is 24.7. The van der Waals surface area contributed by atoms with Gasteiger partial charge < -0.3 is 5.32 Å². The first-order chi connectivity index (χ1) is 15.9. The summed E-state index contributed by atoms with van der Waals surface area (Å²) in [6.07, 6.45) is -0.574. The second kappa shape index (κ2) is 9.00. The Balaban J connectivity index is 1.46. The summed E-state index contributed by atoms with van der Waals surface area (Å²) >= 11 is 0. The number of rotatable bonds is 5. The Hall–Kier alpha value is -2.38. The predicted octanol–water partition coefficient (Wildman–Crippen LogP) is 1.63. The maximum absolute atomic E-state index is 14.0. The fraction of sp³-hybridized carbons (Fsp3) is 0.571. The van der Waals surface area contributed by atoms with Crippen LogP contribution in [0, 0.1) is 11.6 Å². The van der Waals surface area contributed by atoms with Gasteiger partial charge in [-0.25, -0.2) is 26.0 Å². The van der Waals surface area contributed by atoms with Gasteiger partial charge in [0, 0.05) is 62.3 Å². The molecule has 2 heterocycles. The van der Waals surface area contributed by atoms with Crippen molar-refractivity contribution in [3.8, 4) is 0 Å². The van der Waals surface area contributed by atoms with Crippen LogP contribution in [0.5, 0.6) is 0 Å². The van der Waals surface area contributed by atoms with Gasteiger partial charge in [-0.3, -0.25) is 9.69 Å². The molecule has 0 atom stereocenters. The average molecular weight is 505 g/mol. The highest BCUT2D eigenvalue weighted by atomic mass is 32.2. The van der Waals surface area contributed by atoms with E-state index in [9.17, 15) is 30.8 Å². The van der Waals surface area contributed by atoms with E-state index in [1.54, 1.807) is 0 Å². The quantitative estimate of drug-likeness (QED) is 0.488. The van der Waals surface area contributed by atoms with Crippen molar-refractivity contribution in [2.24, 2.45) is 5.10 Å². The summed E-state index contributed by atoms with van der Waals surface area (Å²) in [5.74, 6) is -5.41. The van der Waals surface area contributed by atoms with Gasteiger partial charge in [-0.2, -0.15) is 4.31 Å². The summed E-state index contributed by atoms with van der Waals surface area (Å²) < 4.78 is 83.0. The average Bonchev–Trinajstić information content (AvgIpc) is 2.76. The van der Waals surface area contributed by atoms with Crippen LogP contribution in [0.1, 0.15) is 36.0 Å². The van der Waals surface area contributed by atoms with Gasteiger partial charge in [-0.15, -0.1) is 0 Å². The molecule has 34 heavy (non-hydrogen) atoms. The molecule has 0 radical (unpaired) electrons. The number of nitrogens with zero attached hydrogens (tertiary/aromatic N) is 4. The molecule has 1 saturated heterocycles. The Morgan fingerprint density at radius 2 is 1.74 bits per heavy atom. The molecule has 2 fully saturated rings. The molecule has 4 rings (SSSR count). The molecule has 0 aromatic heterocycles. The lowest BCUT2D eigenvalue weighted by Gasteiger charge is -2.50. The molecule has 186 valence electrons. The summed E-state index contributed by atoms with van der Waals surface area (Å²) in [5, 5.41) is 6.47. The van der Waals surface area contributed by atoms with E-state index >= 15 is 0 Å². The second-order valence-electron chi connectivity index (χ2n) is 8.94. The number of alkyl halides is 2. The van der Waals surface area contributed by atoms with Crippen molar-refractivity contribution in [3.05, 3.63) is 35.4 Å². The molecule has 0 bridgehead atoms. The summed E-state index contributed by atoms with van der Waals surface area (Å²) in [4.78, 5) is 14.5. The van der Waals surface area contributed by atoms with E-state index in [0.717, 1.165) is 12.1 Å². The largest absolute Gasteiger partial charge is 0.350 e. The summed E-state index contributed by atoms with van der Waals surface area (Å²) in [7, 11) is -3.71. The van der Waals surface area contributed by atoms with Crippen LogP contribution in [0.15, 0.2) is 23.3 Å². The lowest BCUT2D eigenvalue weighted by atomic mass is 9.78. The van der Waals surface area contributed by atoms with Crippen LogP contribution in [0.3, 0.4) is 0 Å². The van der Waals surface area contributed by atoms with Crippen LogP contribution in [-0.4, -0.2) is 90.7 Å². The van der Waals surface area contributed by atoms with Crippen LogP contribution in [-0.2, 0) is 10.0 Å². The van der Waals surface area contributed by atoms with Crippen LogP contribution in [0.4, 0.5) is 17.6 Å². The maximum Gasteiger partial charge on any atom is 0.281 e. The molecule has 8 nitrogen and oxygen atoms in total. The van der Waals surface area contributed by atoms with Crippen molar-refractivity contribution >= 4 is 27.7 Å². The topological polar surface area (TPSA) is 85.1 Å². The fourth-order valence-electron chi connectivity index (χ4n) is 4.69. The first-order valence-corrected chi connectivity index (χ1v) is 12.4. The molecule has 1 aromatic carbocycles. The van der Waals surface area contributed by atoms with E-state index in [2.05, 4.69) is 17.1 Å². The molecule has 1 aliphatic carbocycles. The van der Waals surface area contributed by atoms with E-state index in [4.69, 9.17) is 0 Å². The minimum absolute atomic E-state index is 0.0192. The number of carbonyl (C=O) groups is 1. The monoisotopic (exact) mass is 504 g/mol. The zero-order chi connectivity index (χ0) is 24.7. The summed E-state index contributed by atoms with van der Waals surface area (Å²) in [6, 6.07) is 2.60. The third kappa shape index (κ3) is 4.86. The smallest absolute Gasteiger partial charge is 0.281 e. The van der Waals surface area contributed by atoms with Crippen molar-refractivity contribution in [1.82, 2.24) is 14.5 Å². The highest BCUT2D eigenvalue weighted by Gasteiger charge is 2.48. The zero-order valence-corrected chi connectivity index (χ0v) is 19.3. The van der Waals surface area contributed by atoms with Gasteiger partial charge in [0.05, 0.1) is 5.56 Å². The van der Waals surface area contributed by atoms with Crippen molar-refractivity contribution in [1.29, 1.82) is 0 Å². The minimum atomic E-state index is -3.71. The summed E-state index contributed by atoms with van der Waals surface area (Å²) in [6.45, 7) is 4.51. The Bertz CT molecular complexity index is 1120. The number of benzene rings is 1. The fourth-order valence-corrected chi connectivity index (χ4v) is 6.16. The third-order valence-electron chi connectivity index (χ3n) is 6.78. The third-order valence-corrected chi connectivity index (χ3v) is 8.64. The number of hydrogen-bond donors (Lipinski definition) is 1. The molecule has 13 heteroatoms. The van der Waals surface area contributed by atoms with Crippen molar-refractivity contribution in [2.75, 3.05) is 39.3 Å². The second-order valence-corrected chi connectivity index (χ2v) is 10.9. The van der Waals surface area contributed by atoms with Gasteiger partial charge in [-0.1, -0.05) is 4.68 Å². The Labute approximate surface area is 195 Å². The van der Waals surface area contributed by atoms with Gasteiger partial charge >= 0.3 is 0 Å². The van der Waals surface area contributed by atoms with Crippen LogP contribution < -0.4 is 5.32 Å².